The van der Waals surface area contributed by atoms with Gasteiger partial charge in [-0.05, 0) is 0 Å². The second kappa shape index (κ2) is 94.0. The van der Waals surface area contributed by atoms with Gasteiger partial charge in [-0.2, -0.15) is 0 Å². The molecule has 0 spiro atoms. The van der Waals surface area contributed by atoms with Crippen molar-refractivity contribution in [1.29, 1.82) is 0 Å². The average molecular weight is 158 g/mol. The molecule has 8 N–H and O–H groups in total. The van der Waals surface area contributed by atoms with E-state index >= 15 is 0 Å². The molecule has 0 aromatic rings. The van der Waals surface area contributed by atoms with Gasteiger partial charge in [0, 0.05) is 0 Å². The number of hydrogen-bond donors (Lipinski definition) is 0. The van der Waals surface area contributed by atoms with Gasteiger partial charge < -0.3 is 21.9 Å². The maximum atomic E-state index is 9.75. The molecule has 0 aromatic carbocycles. The van der Waals surface area contributed by atoms with Crippen molar-refractivity contribution >= 4 is 0 Å². The molecule has 0 atom stereocenters. The van der Waals surface area contributed by atoms with E-state index in [4.69, 9.17) is 0 Å². The zero-order chi connectivity index (χ0) is 2.71. The van der Waals surface area contributed by atoms with Gasteiger partial charge >= 0.3 is 26.4 Å². The monoisotopic (exact) mass is 158 g/mol. The third kappa shape index (κ3) is 728. The first-order valence-electron chi connectivity index (χ1n) is 0.378. The zero-order valence-electron chi connectivity index (χ0n) is 3.26. The first-order valence-corrected chi connectivity index (χ1v) is 1.56. The average Bonchev–Trinajstić information content (AvgIpc) is 0.918. The van der Waals surface area contributed by atoms with Crippen LogP contribution in [0, 0.1) is 0 Å². The molecule has 50 valence electrons. The van der Waals surface area contributed by atoms with Crippen LogP contribution in [-0.4, -0.2) is 21.9 Å². The van der Waals surface area contributed by atoms with Crippen molar-refractivity contribution in [3.8, 4) is 0 Å². The molecular weight excluding hydrogens is 150 g/mol. The third-order valence-corrected chi connectivity index (χ3v) is 0. The Morgan fingerprint density at radius 3 is 0.714 bits per heavy atom. The summed E-state index contributed by atoms with van der Waals surface area (Å²) in [6.07, 6.45) is 0. The van der Waals surface area contributed by atoms with Gasteiger partial charge in [0.2, 0.25) is 0 Å². The Morgan fingerprint density at radius 2 is 0.714 bits per heavy atom. The summed E-state index contributed by atoms with van der Waals surface area (Å²) in [4.78, 5) is 0. The van der Waals surface area contributed by atoms with Crippen LogP contribution in [0.2, 0.25) is 0 Å². The van der Waals surface area contributed by atoms with E-state index in [0.717, 1.165) is 0 Å². The second-order valence-electron chi connectivity index (χ2n) is 0.0714. The summed E-state index contributed by atoms with van der Waals surface area (Å²) in [5.41, 5.74) is 0. The molecule has 0 saturated heterocycles. The topological polar surface area (TPSA) is 126 Å². The van der Waals surface area contributed by atoms with Crippen LogP contribution in [0.4, 0.5) is 6.18 Å². The van der Waals surface area contributed by atoms with Crippen molar-refractivity contribution in [3.05, 3.63) is 0 Å². The van der Waals surface area contributed by atoms with Crippen molar-refractivity contribution < 1.29 is 48.3 Å². The molecule has 0 aliphatic heterocycles. The van der Waals surface area contributed by atoms with Crippen molar-refractivity contribution in [2.75, 3.05) is 0 Å². The van der Waals surface area contributed by atoms with Gasteiger partial charge in [0.1, 0.15) is 0 Å². The molecule has 0 saturated carbocycles. The van der Waals surface area contributed by atoms with Crippen molar-refractivity contribution in [2.24, 2.45) is 0 Å². The van der Waals surface area contributed by atoms with Crippen molar-refractivity contribution in [1.82, 2.24) is 0 Å². The molecule has 0 rings (SSSR count). The molecule has 0 aliphatic carbocycles. The summed E-state index contributed by atoms with van der Waals surface area (Å²) in [5, 5.41) is 0. The molecule has 0 unspecified atom stereocenters. The van der Waals surface area contributed by atoms with Gasteiger partial charge in [0.05, 0.1) is 0 Å². The molecule has 0 heterocycles. The second-order valence-corrected chi connectivity index (χ2v) is 0.295. The number of rotatable bonds is 0. The van der Waals surface area contributed by atoms with E-state index in [-0.39, 0.29) is 21.9 Å². The predicted molar refractivity (Wildman–Crippen MR) is 16.7 cm³/mol. The summed E-state index contributed by atoms with van der Waals surface area (Å²) in [7, 11) is 0. The SMILES string of the molecule is O.O.O.O.[F][Ti][F]. The minimum absolute atomic E-state index is 0. The van der Waals surface area contributed by atoms with Crippen LogP contribution in [0.15, 0.2) is 0 Å². The van der Waals surface area contributed by atoms with E-state index in [1.807, 2.05) is 0 Å². The van der Waals surface area contributed by atoms with Crippen LogP contribution in [0.5, 0.6) is 0 Å². The Bertz CT molecular complexity index is 9.65. The van der Waals surface area contributed by atoms with Crippen LogP contribution in [-0.2, 0) is 20.2 Å². The van der Waals surface area contributed by atoms with E-state index in [9.17, 15) is 6.18 Å². The van der Waals surface area contributed by atoms with Gasteiger partial charge in [-0.1, -0.05) is 0 Å². The molecular formula is H8F2O4Ti. The Hall–Kier alpha value is 0.414. The Labute approximate surface area is 49.0 Å². The molecule has 0 radical (unpaired) electrons. The van der Waals surface area contributed by atoms with Crippen molar-refractivity contribution in [2.45, 2.75) is 0 Å². The first kappa shape index (κ1) is 52.3. The number of hydrogen-bond acceptors (Lipinski definition) is 0. The summed E-state index contributed by atoms with van der Waals surface area (Å²) >= 11 is -2.50. The maximum absolute atomic E-state index is 9.75. The van der Waals surface area contributed by atoms with Crippen LogP contribution < -0.4 is 0 Å². The molecule has 0 fully saturated rings. The van der Waals surface area contributed by atoms with E-state index < -0.39 is 20.2 Å². The summed E-state index contributed by atoms with van der Waals surface area (Å²) in [6, 6.07) is 0. The standard InChI is InChI=1S/2FH.4H2O.Ti/h2*1H;4*1H2;/q;;;;;;+2/p-2. The van der Waals surface area contributed by atoms with Gasteiger partial charge in [-0.3, -0.25) is 0 Å². The van der Waals surface area contributed by atoms with Crippen LogP contribution in [0.3, 0.4) is 0 Å². The Morgan fingerprint density at radius 1 is 0.714 bits per heavy atom. The summed E-state index contributed by atoms with van der Waals surface area (Å²) in [6.45, 7) is 0. The van der Waals surface area contributed by atoms with Gasteiger partial charge in [0.15, 0.2) is 0 Å². The number of halogens is 2. The van der Waals surface area contributed by atoms with Gasteiger partial charge in [-0.25, -0.2) is 0 Å². The molecule has 0 amide bonds. The molecule has 7 heavy (non-hydrogen) atoms. The molecule has 4 nitrogen and oxygen atoms in total. The fraction of sp³-hybridized carbons (Fsp3) is 0. The van der Waals surface area contributed by atoms with Crippen LogP contribution >= 0.6 is 0 Å². The van der Waals surface area contributed by atoms with Gasteiger partial charge in [-0.15, -0.1) is 0 Å². The predicted octanol–water partition coefficient (Wildman–Crippen LogP) is -2.46. The first-order chi connectivity index (χ1) is 1.41. The normalized spacial score (nSPS) is 2.00. The zero-order valence-corrected chi connectivity index (χ0v) is 4.82. The van der Waals surface area contributed by atoms with E-state index in [0.29, 0.717) is 0 Å². The Kier molecular flexibility index (Phi) is 703. The van der Waals surface area contributed by atoms with Crippen LogP contribution in [0.25, 0.3) is 0 Å². The fourth-order valence-corrected chi connectivity index (χ4v) is 0. The molecule has 0 aromatic heterocycles. The van der Waals surface area contributed by atoms with E-state index in [1.165, 1.54) is 0 Å². The van der Waals surface area contributed by atoms with Crippen LogP contribution in [0.1, 0.15) is 0 Å². The minimum atomic E-state index is -2.50. The van der Waals surface area contributed by atoms with E-state index in [1.54, 1.807) is 0 Å². The summed E-state index contributed by atoms with van der Waals surface area (Å²) < 4.78 is 19.5. The van der Waals surface area contributed by atoms with Gasteiger partial charge in [0.25, 0.3) is 0 Å². The third-order valence-electron chi connectivity index (χ3n) is 0. The van der Waals surface area contributed by atoms with Crippen molar-refractivity contribution in [3.63, 3.8) is 0 Å². The van der Waals surface area contributed by atoms with E-state index in [2.05, 4.69) is 0 Å². The molecule has 0 bridgehead atoms. The molecule has 0 aliphatic rings. The molecule has 7 heteroatoms. The quantitative estimate of drug-likeness (QED) is 0.346. The summed E-state index contributed by atoms with van der Waals surface area (Å²) in [5.74, 6) is 0. The fourth-order valence-electron chi connectivity index (χ4n) is 0. The Balaban J connectivity index is -0.00000000333.